The van der Waals surface area contributed by atoms with Crippen LogP contribution >= 0.6 is 11.6 Å². The number of benzene rings is 1. The molecule has 1 aromatic rings. The van der Waals surface area contributed by atoms with Gasteiger partial charge in [0.25, 0.3) is 0 Å². The molecule has 6 nitrogen and oxygen atoms in total. The fourth-order valence-electron chi connectivity index (χ4n) is 1.80. The molecule has 0 saturated heterocycles. The lowest BCUT2D eigenvalue weighted by molar-refractivity contribution is 0.412. The molecule has 3 rings (SSSR count). The molecule has 0 unspecified atom stereocenters. The number of rotatable bonds is 2. The number of methoxy groups -OCH3 is 1. The van der Waals surface area contributed by atoms with E-state index in [0.717, 1.165) is 5.69 Å². The fraction of sp³-hybridized carbons (Fsp3) is 0.0833. The summed E-state index contributed by atoms with van der Waals surface area (Å²) in [5.41, 5.74) is 7.76. The summed E-state index contributed by atoms with van der Waals surface area (Å²) >= 11 is 5.75. The van der Waals surface area contributed by atoms with Gasteiger partial charge in [-0.1, -0.05) is 0 Å². The predicted octanol–water partition coefficient (Wildman–Crippen LogP) is 2.01. The number of imidazole rings is 1. The molecule has 96 valence electrons. The van der Waals surface area contributed by atoms with Crippen LogP contribution in [0.1, 0.15) is 0 Å². The maximum atomic E-state index is 5.75. The highest BCUT2D eigenvalue weighted by molar-refractivity contribution is 6.28. The Kier molecular flexibility index (Phi) is 2.72. The molecule has 0 bridgehead atoms. The van der Waals surface area contributed by atoms with Crippen LogP contribution < -0.4 is 10.5 Å². The summed E-state index contributed by atoms with van der Waals surface area (Å²) in [6.45, 7) is 0. The minimum absolute atomic E-state index is 0.185. The third-order valence-electron chi connectivity index (χ3n) is 2.67. The summed E-state index contributed by atoms with van der Waals surface area (Å²) in [6, 6.07) is 7.13. The Balaban J connectivity index is 2.16. The van der Waals surface area contributed by atoms with E-state index in [1.165, 1.54) is 0 Å². The molecular weight excluding hydrogens is 266 g/mol. The molecule has 0 aromatic heterocycles. The van der Waals surface area contributed by atoms with Crippen LogP contribution in [0.4, 0.5) is 5.69 Å². The zero-order chi connectivity index (χ0) is 13.4. The van der Waals surface area contributed by atoms with Gasteiger partial charge < -0.3 is 10.5 Å². The van der Waals surface area contributed by atoms with E-state index in [4.69, 9.17) is 22.1 Å². The minimum atomic E-state index is 0.185. The molecule has 0 radical (unpaired) electrons. The smallest absolute Gasteiger partial charge is 0.225 e. The Morgan fingerprint density at radius 3 is 2.89 bits per heavy atom. The second kappa shape index (κ2) is 4.40. The van der Waals surface area contributed by atoms with E-state index in [1.807, 2.05) is 6.07 Å². The molecule has 2 heterocycles. The lowest BCUT2D eigenvalue weighted by atomic mass is 10.2. The molecule has 1 aromatic carbocycles. The van der Waals surface area contributed by atoms with Gasteiger partial charge in [-0.3, -0.25) is 0 Å². The van der Waals surface area contributed by atoms with Crippen LogP contribution in [0.2, 0.25) is 5.28 Å². The van der Waals surface area contributed by atoms with Gasteiger partial charge in [0.1, 0.15) is 17.1 Å². The number of aromatic nitrogens is 4. The maximum Gasteiger partial charge on any atom is 0.225 e. The molecule has 0 spiro atoms. The molecule has 0 fully saturated rings. The van der Waals surface area contributed by atoms with Crippen molar-refractivity contribution in [2.24, 2.45) is 0 Å². The van der Waals surface area contributed by atoms with Gasteiger partial charge in [-0.05, 0) is 29.8 Å². The van der Waals surface area contributed by atoms with Crippen LogP contribution in [0.15, 0.2) is 30.5 Å². The van der Waals surface area contributed by atoms with Gasteiger partial charge in [-0.25, -0.2) is 9.67 Å². The van der Waals surface area contributed by atoms with Crippen LogP contribution in [-0.4, -0.2) is 26.9 Å². The highest BCUT2D eigenvalue weighted by Crippen LogP contribution is 2.26. The number of fused-ring (bicyclic) bond motifs is 1. The number of anilines is 1. The van der Waals surface area contributed by atoms with Crippen LogP contribution in [0.5, 0.6) is 5.75 Å². The summed E-state index contributed by atoms with van der Waals surface area (Å²) in [5.74, 6) is 1.11. The molecule has 0 atom stereocenters. The molecule has 19 heavy (non-hydrogen) atoms. The van der Waals surface area contributed by atoms with Gasteiger partial charge in [-0.15, -0.1) is 5.10 Å². The minimum Gasteiger partial charge on any atom is -0.494 e. The van der Waals surface area contributed by atoms with Crippen molar-refractivity contribution >= 4 is 17.3 Å². The van der Waals surface area contributed by atoms with Crippen LogP contribution in [0.25, 0.3) is 17.2 Å². The van der Waals surface area contributed by atoms with Crippen molar-refractivity contribution in [3.8, 4) is 23.0 Å². The standard InChI is InChI=1S/C12H10ClN5O/c1-19-10-6-7(14)2-3-9(10)18-5-4-8-11(17-18)16-12(13)15-8/h2-6H,14H2,1H3. The first-order chi connectivity index (χ1) is 9.17. The van der Waals surface area contributed by atoms with Gasteiger partial charge in [0.15, 0.2) is 0 Å². The largest absolute Gasteiger partial charge is 0.494 e. The maximum absolute atomic E-state index is 5.75. The number of nitrogens with two attached hydrogens (primary N) is 1. The number of ether oxygens (including phenoxy) is 1. The third kappa shape index (κ3) is 2.06. The van der Waals surface area contributed by atoms with Gasteiger partial charge in [-0.2, -0.15) is 4.98 Å². The highest BCUT2D eigenvalue weighted by atomic mass is 35.5. The van der Waals surface area contributed by atoms with E-state index in [2.05, 4.69) is 15.1 Å². The lowest BCUT2D eigenvalue weighted by Crippen LogP contribution is -2.05. The fourth-order valence-corrected chi connectivity index (χ4v) is 1.97. The molecule has 7 heteroatoms. The molecule has 0 amide bonds. The van der Waals surface area contributed by atoms with Crippen molar-refractivity contribution < 1.29 is 4.74 Å². The van der Waals surface area contributed by atoms with Crippen LogP contribution in [0.3, 0.4) is 0 Å². The summed E-state index contributed by atoms with van der Waals surface area (Å²) in [4.78, 5) is 8.06. The van der Waals surface area contributed by atoms with E-state index in [1.54, 1.807) is 36.2 Å². The summed E-state index contributed by atoms with van der Waals surface area (Å²) in [5, 5.41) is 4.53. The van der Waals surface area contributed by atoms with Crippen molar-refractivity contribution in [2.45, 2.75) is 0 Å². The van der Waals surface area contributed by atoms with Crippen molar-refractivity contribution in [3.63, 3.8) is 0 Å². The van der Waals surface area contributed by atoms with Gasteiger partial charge >= 0.3 is 0 Å². The highest BCUT2D eigenvalue weighted by Gasteiger charge is 2.13. The Labute approximate surface area is 114 Å². The second-order valence-corrected chi connectivity index (χ2v) is 4.23. The lowest BCUT2D eigenvalue weighted by Gasteiger charge is -2.11. The summed E-state index contributed by atoms with van der Waals surface area (Å²) < 4.78 is 6.94. The van der Waals surface area contributed by atoms with Gasteiger partial charge in [0, 0.05) is 18.0 Å². The first-order valence-electron chi connectivity index (χ1n) is 5.50. The zero-order valence-corrected chi connectivity index (χ0v) is 10.8. The first-order valence-corrected chi connectivity index (χ1v) is 5.88. The number of hydrogen-bond donors (Lipinski definition) is 1. The van der Waals surface area contributed by atoms with Crippen molar-refractivity contribution in [2.75, 3.05) is 12.8 Å². The van der Waals surface area contributed by atoms with E-state index < -0.39 is 0 Å². The normalized spacial score (nSPS) is 10.8. The van der Waals surface area contributed by atoms with E-state index in [-0.39, 0.29) is 5.28 Å². The predicted molar refractivity (Wildman–Crippen MR) is 71.8 cm³/mol. The number of nitrogen functional groups attached to an aromatic ring is 1. The van der Waals surface area contributed by atoms with Gasteiger partial charge in [0.2, 0.25) is 11.1 Å². The topological polar surface area (TPSA) is 78.9 Å². The number of hydrogen-bond acceptors (Lipinski definition) is 5. The van der Waals surface area contributed by atoms with Gasteiger partial charge in [0.05, 0.1) is 7.11 Å². The zero-order valence-electron chi connectivity index (χ0n) is 10.0. The SMILES string of the molecule is COc1cc(N)ccc1-n1ccc2nc(Cl)nc-2n1. The Bertz CT molecular complexity index is 711. The third-order valence-corrected chi connectivity index (χ3v) is 2.84. The first kappa shape index (κ1) is 11.7. The van der Waals surface area contributed by atoms with E-state index in [0.29, 0.717) is 23.0 Å². The molecule has 0 saturated carbocycles. The Morgan fingerprint density at radius 2 is 2.11 bits per heavy atom. The van der Waals surface area contributed by atoms with E-state index in [9.17, 15) is 0 Å². The Hall–Kier alpha value is -2.34. The average molecular weight is 276 g/mol. The van der Waals surface area contributed by atoms with E-state index >= 15 is 0 Å². The quantitative estimate of drug-likeness (QED) is 0.724. The monoisotopic (exact) mass is 275 g/mol. The molecule has 2 aliphatic heterocycles. The summed E-state index contributed by atoms with van der Waals surface area (Å²) in [6.07, 6.45) is 1.77. The van der Waals surface area contributed by atoms with Crippen LogP contribution in [0, 0.1) is 0 Å². The molecule has 2 N–H and O–H groups in total. The molecule has 0 aliphatic carbocycles. The van der Waals surface area contributed by atoms with Crippen LogP contribution in [-0.2, 0) is 0 Å². The van der Waals surface area contributed by atoms with Crippen molar-refractivity contribution in [3.05, 3.63) is 35.7 Å². The summed E-state index contributed by atoms with van der Waals surface area (Å²) in [7, 11) is 1.58. The second-order valence-electron chi connectivity index (χ2n) is 3.89. The Morgan fingerprint density at radius 1 is 1.26 bits per heavy atom. The molecule has 2 aliphatic rings. The average Bonchev–Trinajstić information content (AvgIpc) is 2.77. The number of nitrogens with zero attached hydrogens (tertiary/aromatic N) is 4. The van der Waals surface area contributed by atoms with Crippen molar-refractivity contribution in [1.29, 1.82) is 0 Å². The molecular formula is C12H10ClN5O. The number of halogens is 1. The van der Waals surface area contributed by atoms with Crippen molar-refractivity contribution in [1.82, 2.24) is 19.7 Å².